The lowest BCUT2D eigenvalue weighted by Gasteiger charge is -2.18. The molecule has 1 aliphatic heterocycles. The van der Waals surface area contributed by atoms with Crippen LogP contribution in [-0.2, 0) is 4.84 Å². The standard InChI is InChI=1S/C16H16F2N2O2/c17-16(18)8-3-10-20(11-9-16)22-15(21)14-7-6-12-4-1-2-5-13(12)19-14/h1-2,4-7H,3,8-11H2. The second-order valence-electron chi connectivity index (χ2n) is 5.41. The molecule has 0 N–H and O–H groups in total. The highest BCUT2D eigenvalue weighted by Crippen LogP contribution is 2.28. The number of pyridine rings is 1. The summed E-state index contributed by atoms with van der Waals surface area (Å²) in [5.74, 6) is -3.29. The fraction of sp³-hybridized carbons (Fsp3) is 0.375. The molecule has 3 rings (SSSR count). The van der Waals surface area contributed by atoms with Crippen molar-refractivity contribution in [1.29, 1.82) is 0 Å². The average Bonchev–Trinajstić information content (AvgIpc) is 2.68. The minimum absolute atomic E-state index is 0.0340. The second kappa shape index (κ2) is 5.96. The number of alkyl halides is 2. The van der Waals surface area contributed by atoms with Crippen LogP contribution >= 0.6 is 0 Å². The van der Waals surface area contributed by atoms with Gasteiger partial charge < -0.3 is 4.84 Å². The summed E-state index contributed by atoms with van der Waals surface area (Å²) in [4.78, 5) is 21.6. The lowest BCUT2D eigenvalue weighted by molar-refractivity contribution is -0.113. The number of hydrogen-bond acceptors (Lipinski definition) is 4. The number of benzene rings is 1. The molecule has 2 aromatic rings. The van der Waals surface area contributed by atoms with Gasteiger partial charge in [0.25, 0.3) is 0 Å². The Hall–Kier alpha value is -2.08. The van der Waals surface area contributed by atoms with Crippen LogP contribution in [0.2, 0.25) is 0 Å². The van der Waals surface area contributed by atoms with Crippen molar-refractivity contribution in [2.75, 3.05) is 13.1 Å². The third-order valence-corrected chi connectivity index (χ3v) is 3.70. The van der Waals surface area contributed by atoms with Gasteiger partial charge in [0.15, 0.2) is 5.69 Å². The van der Waals surface area contributed by atoms with E-state index in [9.17, 15) is 13.6 Å². The minimum Gasteiger partial charge on any atom is -0.363 e. The number of aromatic nitrogens is 1. The fourth-order valence-electron chi connectivity index (χ4n) is 2.47. The Labute approximate surface area is 126 Å². The van der Waals surface area contributed by atoms with Gasteiger partial charge in [-0.2, -0.15) is 0 Å². The Morgan fingerprint density at radius 1 is 1.14 bits per heavy atom. The highest BCUT2D eigenvalue weighted by Gasteiger charge is 2.33. The van der Waals surface area contributed by atoms with Crippen LogP contribution in [0.1, 0.15) is 29.8 Å². The van der Waals surface area contributed by atoms with Gasteiger partial charge in [-0.25, -0.2) is 18.6 Å². The number of carbonyl (C=O) groups excluding carboxylic acids is 1. The molecule has 116 valence electrons. The van der Waals surface area contributed by atoms with Crippen LogP contribution in [0.5, 0.6) is 0 Å². The van der Waals surface area contributed by atoms with Gasteiger partial charge >= 0.3 is 5.97 Å². The molecule has 1 fully saturated rings. The highest BCUT2D eigenvalue weighted by atomic mass is 19.3. The maximum Gasteiger partial charge on any atom is 0.375 e. The van der Waals surface area contributed by atoms with E-state index in [4.69, 9.17) is 4.84 Å². The van der Waals surface area contributed by atoms with Crippen molar-refractivity contribution in [2.24, 2.45) is 0 Å². The SMILES string of the molecule is O=C(ON1CCCC(F)(F)CC1)c1ccc2ccccc2n1. The number of para-hydroxylation sites is 1. The number of fused-ring (bicyclic) bond motifs is 1. The molecule has 0 amide bonds. The van der Waals surface area contributed by atoms with Gasteiger partial charge in [-0.05, 0) is 18.6 Å². The largest absolute Gasteiger partial charge is 0.375 e. The van der Waals surface area contributed by atoms with Gasteiger partial charge in [0.05, 0.1) is 5.52 Å². The van der Waals surface area contributed by atoms with E-state index in [1.165, 1.54) is 5.06 Å². The van der Waals surface area contributed by atoms with Crippen LogP contribution in [0.25, 0.3) is 10.9 Å². The highest BCUT2D eigenvalue weighted by molar-refractivity contribution is 5.90. The van der Waals surface area contributed by atoms with Crippen LogP contribution < -0.4 is 0 Å². The zero-order valence-electron chi connectivity index (χ0n) is 12.0. The van der Waals surface area contributed by atoms with Crippen molar-refractivity contribution in [2.45, 2.75) is 25.2 Å². The first-order valence-corrected chi connectivity index (χ1v) is 7.24. The molecular formula is C16H16F2N2O2. The molecule has 22 heavy (non-hydrogen) atoms. The molecule has 1 saturated heterocycles. The Kier molecular flexibility index (Phi) is 4.02. The zero-order chi connectivity index (χ0) is 15.6. The van der Waals surface area contributed by atoms with Crippen LogP contribution in [0, 0.1) is 0 Å². The molecule has 0 spiro atoms. The lowest BCUT2D eigenvalue weighted by atomic mass is 10.1. The van der Waals surface area contributed by atoms with E-state index in [-0.39, 0.29) is 25.1 Å². The second-order valence-corrected chi connectivity index (χ2v) is 5.41. The van der Waals surface area contributed by atoms with E-state index in [0.29, 0.717) is 18.5 Å². The average molecular weight is 306 g/mol. The summed E-state index contributed by atoms with van der Waals surface area (Å²) in [6.07, 6.45) is -0.174. The number of halogens is 2. The monoisotopic (exact) mass is 306 g/mol. The fourth-order valence-corrected chi connectivity index (χ4v) is 2.47. The van der Waals surface area contributed by atoms with E-state index < -0.39 is 11.9 Å². The van der Waals surface area contributed by atoms with E-state index >= 15 is 0 Å². The Balaban J connectivity index is 1.70. The van der Waals surface area contributed by atoms with Crippen molar-refractivity contribution < 1.29 is 18.4 Å². The molecule has 0 saturated carbocycles. The Morgan fingerprint density at radius 3 is 2.82 bits per heavy atom. The molecule has 0 bridgehead atoms. The number of hydroxylamine groups is 2. The molecule has 0 aliphatic carbocycles. The van der Waals surface area contributed by atoms with E-state index in [0.717, 1.165) is 5.39 Å². The number of nitrogens with zero attached hydrogens (tertiary/aromatic N) is 2. The molecule has 4 nitrogen and oxygen atoms in total. The molecule has 6 heteroatoms. The van der Waals surface area contributed by atoms with Crippen molar-refractivity contribution in [3.8, 4) is 0 Å². The normalized spacial score (nSPS) is 18.8. The molecule has 1 aliphatic rings. The maximum atomic E-state index is 13.3. The van der Waals surface area contributed by atoms with Crippen molar-refractivity contribution >= 4 is 16.9 Å². The summed E-state index contributed by atoms with van der Waals surface area (Å²) < 4.78 is 26.6. The van der Waals surface area contributed by atoms with Gasteiger partial charge in [-0.3, -0.25) is 0 Å². The molecule has 2 heterocycles. The first-order chi connectivity index (χ1) is 10.5. The van der Waals surface area contributed by atoms with E-state index in [1.807, 2.05) is 18.2 Å². The molecule has 1 aromatic heterocycles. The lowest BCUT2D eigenvalue weighted by Crippen LogP contribution is -2.29. The van der Waals surface area contributed by atoms with E-state index in [2.05, 4.69) is 4.98 Å². The van der Waals surface area contributed by atoms with Gasteiger partial charge in [-0.15, -0.1) is 5.06 Å². The summed E-state index contributed by atoms with van der Waals surface area (Å²) in [5, 5.41) is 2.23. The first-order valence-electron chi connectivity index (χ1n) is 7.24. The third-order valence-electron chi connectivity index (χ3n) is 3.70. The smallest absolute Gasteiger partial charge is 0.363 e. The van der Waals surface area contributed by atoms with Gasteiger partial charge in [0, 0.05) is 31.3 Å². The molecule has 0 radical (unpaired) electrons. The van der Waals surface area contributed by atoms with Crippen LogP contribution in [0.15, 0.2) is 36.4 Å². The van der Waals surface area contributed by atoms with Crippen LogP contribution in [0.4, 0.5) is 8.78 Å². The molecule has 0 atom stereocenters. The topological polar surface area (TPSA) is 42.4 Å². The summed E-state index contributed by atoms with van der Waals surface area (Å²) in [6, 6.07) is 10.8. The Bertz CT molecular complexity index is 691. The summed E-state index contributed by atoms with van der Waals surface area (Å²) in [7, 11) is 0. The van der Waals surface area contributed by atoms with Crippen molar-refractivity contribution in [3.63, 3.8) is 0 Å². The minimum atomic E-state index is -2.68. The summed E-state index contributed by atoms with van der Waals surface area (Å²) in [6.45, 7) is 0.348. The Morgan fingerprint density at radius 2 is 1.95 bits per heavy atom. The number of carbonyl (C=O) groups is 1. The number of rotatable bonds is 2. The van der Waals surface area contributed by atoms with Crippen molar-refractivity contribution in [3.05, 3.63) is 42.1 Å². The molecule has 0 unspecified atom stereocenters. The molecule has 1 aromatic carbocycles. The number of hydrogen-bond donors (Lipinski definition) is 0. The maximum absolute atomic E-state index is 13.3. The third kappa shape index (κ3) is 3.39. The van der Waals surface area contributed by atoms with Crippen LogP contribution in [0.3, 0.4) is 0 Å². The predicted molar refractivity (Wildman–Crippen MR) is 77.5 cm³/mol. The summed E-state index contributed by atoms with van der Waals surface area (Å²) >= 11 is 0. The quantitative estimate of drug-likeness (QED) is 0.852. The summed E-state index contributed by atoms with van der Waals surface area (Å²) in [5.41, 5.74) is 0.869. The zero-order valence-corrected chi connectivity index (χ0v) is 12.0. The van der Waals surface area contributed by atoms with Gasteiger partial charge in [-0.1, -0.05) is 24.3 Å². The van der Waals surface area contributed by atoms with E-state index in [1.54, 1.807) is 18.2 Å². The van der Waals surface area contributed by atoms with Crippen molar-refractivity contribution in [1.82, 2.24) is 10.0 Å². The van der Waals surface area contributed by atoms with Gasteiger partial charge in [0.1, 0.15) is 0 Å². The predicted octanol–water partition coefficient (Wildman–Crippen LogP) is 3.43. The van der Waals surface area contributed by atoms with Crippen LogP contribution in [-0.4, -0.2) is 35.0 Å². The molecular weight excluding hydrogens is 290 g/mol. The van der Waals surface area contributed by atoms with Gasteiger partial charge in [0.2, 0.25) is 5.92 Å². The first kappa shape index (κ1) is 14.8.